The van der Waals surface area contributed by atoms with Gasteiger partial charge < -0.3 is 25.0 Å². The zero-order valence-corrected chi connectivity index (χ0v) is 16.9. The summed E-state index contributed by atoms with van der Waals surface area (Å²) in [5, 5.41) is 17.1. The second-order valence-electron chi connectivity index (χ2n) is 8.31. The van der Waals surface area contributed by atoms with Gasteiger partial charge in [0.25, 0.3) is 0 Å². The zero-order valence-electron chi connectivity index (χ0n) is 16.9. The van der Waals surface area contributed by atoms with E-state index in [1.54, 1.807) is 29.2 Å². The summed E-state index contributed by atoms with van der Waals surface area (Å²) in [4.78, 5) is 15.3. The number of alkyl halides is 1. The highest BCUT2D eigenvalue weighted by atomic mass is 19.1. The third kappa shape index (κ3) is 3.95. The Kier molecular flexibility index (Phi) is 5.00. The molecule has 1 atom stereocenters. The fourth-order valence-corrected chi connectivity index (χ4v) is 3.84. The first-order valence-electron chi connectivity index (χ1n) is 10.4. The molecular formula is C21H26FN7O. The maximum Gasteiger partial charge on any atom is 0.169 e. The summed E-state index contributed by atoms with van der Waals surface area (Å²) >= 11 is 0. The molecule has 8 nitrogen and oxygen atoms in total. The number of halogens is 1. The highest BCUT2D eigenvalue weighted by molar-refractivity contribution is 5.57. The lowest BCUT2D eigenvalue weighted by Gasteiger charge is -2.40. The van der Waals surface area contributed by atoms with Crippen molar-refractivity contribution in [2.45, 2.75) is 38.7 Å². The van der Waals surface area contributed by atoms with Gasteiger partial charge in [-0.3, -0.25) is 4.98 Å². The van der Waals surface area contributed by atoms with Gasteiger partial charge in [-0.25, -0.2) is 14.4 Å². The van der Waals surface area contributed by atoms with Crippen molar-refractivity contribution in [3.63, 3.8) is 0 Å². The van der Waals surface area contributed by atoms with E-state index in [-0.39, 0.29) is 0 Å². The van der Waals surface area contributed by atoms with E-state index in [9.17, 15) is 9.50 Å². The molecule has 3 N–H and O–H groups in total. The van der Waals surface area contributed by atoms with Gasteiger partial charge in [0.2, 0.25) is 0 Å². The topological polar surface area (TPSA) is 90.6 Å². The van der Waals surface area contributed by atoms with Gasteiger partial charge in [0.05, 0.1) is 23.8 Å². The van der Waals surface area contributed by atoms with Crippen molar-refractivity contribution in [1.29, 1.82) is 0 Å². The van der Waals surface area contributed by atoms with Gasteiger partial charge in [-0.15, -0.1) is 0 Å². The number of nitrogens with one attached hydrogen (secondary N) is 2. The van der Waals surface area contributed by atoms with Gasteiger partial charge >= 0.3 is 0 Å². The molecule has 30 heavy (non-hydrogen) atoms. The Morgan fingerprint density at radius 3 is 2.77 bits per heavy atom. The molecular weight excluding hydrogens is 385 g/mol. The fourth-order valence-electron chi connectivity index (χ4n) is 3.84. The first kappa shape index (κ1) is 19.2. The molecule has 1 saturated heterocycles. The molecule has 158 valence electrons. The van der Waals surface area contributed by atoms with Crippen LogP contribution in [0.15, 0.2) is 30.9 Å². The van der Waals surface area contributed by atoms with E-state index in [0.717, 1.165) is 37.1 Å². The third-order valence-corrected chi connectivity index (χ3v) is 5.72. The maximum absolute atomic E-state index is 12.9. The first-order valence-corrected chi connectivity index (χ1v) is 10.4. The minimum Gasteiger partial charge on any atom is -0.368 e. The van der Waals surface area contributed by atoms with Gasteiger partial charge in [0.1, 0.15) is 23.8 Å². The minimum atomic E-state index is -1.00. The summed E-state index contributed by atoms with van der Waals surface area (Å²) in [5.41, 5.74) is 3.10. The van der Waals surface area contributed by atoms with Gasteiger partial charge in [0, 0.05) is 44.0 Å². The number of hydrogen-bond acceptors (Lipinski definition) is 7. The van der Waals surface area contributed by atoms with Crippen molar-refractivity contribution in [2.24, 2.45) is 5.92 Å². The molecule has 0 aromatic carbocycles. The highest BCUT2D eigenvalue weighted by Gasteiger charge is 2.30. The number of aryl methyl sites for hydroxylation is 1. The van der Waals surface area contributed by atoms with Crippen LogP contribution in [0.3, 0.4) is 0 Å². The summed E-state index contributed by atoms with van der Waals surface area (Å²) in [6.45, 7) is 4.34. The van der Waals surface area contributed by atoms with Crippen molar-refractivity contribution in [3.8, 4) is 0 Å². The number of aromatic nitrogens is 4. The summed E-state index contributed by atoms with van der Waals surface area (Å²) in [5.74, 6) is 1.50. The molecule has 3 aromatic rings. The minimum absolute atomic E-state index is 0.383. The van der Waals surface area contributed by atoms with Gasteiger partial charge in [-0.05, 0) is 31.4 Å². The first-order chi connectivity index (χ1) is 14.6. The van der Waals surface area contributed by atoms with E-state index in [4.69, 9.17) is 0 Å². The number of fused-ring (bicyclic) bond motifs is 1. The molecule has 0 radical (unpaired) electrons. The van der Waals surface area contributed by atoms with Crippen molar-refractivity contribution in [1.82, 2.24) is 24.7 Å². The molecule has 2 fully saturated rings. The molecule has 4 heterocycles. The lowest BCUT2D eigenvalue weighted by Crippen LogP contribution is -2.51. The standard InChI is InChI=1S/C21H26FN7O/c1-13-4-16(11-29-12-17(5-22)26-20(13)29)27-21(30)18-7-25-19(8-24-18)28-9-14(10-28)6-23-15-2-3-15/h4,7-8,11-12,14-15,21,23,27,30H,2-3,5-6,9-10H2,1H3. The van der Waals surface area contributed by atoms with Gasteiger partial charge in [-0.1, -0.05) is 0 Å². The normalized spacial score (nSPS) is 17.9. The van der Waals surface area contributed by atoms with E-state index in [1.165, 1.54) is 12.8 Å². The maximum atomic E-state index is 12.9. The van der Waals surface area contributed by atoms with Crippen LogP contribution in [0.1, 0.15) is 36.0 Å². The largest absolute Gasteiger partial charge is 0.368 e. The Balaban J connectivity index is 1.20. The number of aliphatic hydroxyl groups excluding tert-OH is 1. The average molecular weight is 411 g/mol. The van der Waals surface area contributed by atoms with Crippen LogP contribution in [0.2, 0.25) is 0 Å². The van der Waals surface area contributed by atoms with E-state index < -0.39 is 12.9 Å². The van der Waals surface area contributed by atoms with Crippen molar-refractivity contribution >= 4 is 17.2 Å². The number of anilines is 2. The molecule has 1 unspecified atom stereocenters. The van der Waals surface area contributed by atoms with Crippen LogP contribution in [0.25, 0.3) is 5.65 Å². The van der Waals surface area contributed by atoms with Crippen molar-refractivity contribution in [3.05, 3.63) is 47.8 Å². The molecule has 5 rings (SSSR count). The summed E-state index contributed by atoms with van der Waals surface area (Å²) in [7, 11) is 0. The summed E-state index contributed by atoms with van der Waals surface area (Å²) < 4.78 is 14.6. The molecule has 0 bridgehead atoms. The molecule has 9 heteroatoms. The molecule has 0 spiro atoms. The molecule has 3 aromatic heterocycles. The number of imidazole rings is 1. The second-order valence-corrected chi connectivity index (χ2v) is 8.31. The number of aliphatic hydroxyl groups is 1. The average Bonchev–Trinajstić information content (AvgIpc) is 3.44. The number of nitrogens with zero attached hydrogens (tertiary/aromatic N) is 5. The lowest BCUT2D eigenvalue weighted by atomic mass is 10.0. The Labute approximate surface area is 174 Å². The number of hydrogen-bond donors (Lipinski definition) is 3. The molecule has 2 aliphatic rings. The predicted molar refractivity (Wildman–Crippen MR) is 112 cm³/mol. The molecule has 1 saturated carbocycles. The molecule has 1 aliphatic heterocycles. The van der Waals surface area contributed by atoms with E-state index in [0.29, 0.717) is 28.6 Å². The van der Waals surface area contributed by atoms with Crippen LogP contribution in [-0.2, 0) is 6.67 Å². The number of rotatable bonds is 8. The van der Waals surface area contributed by atoms with Crippen LogP contribution in [0, 0.1) is 12.8 Å². The fraction of sp³-hybridized carbons (Fsp3) is 0.476. The van der Waals surface area contributed by atoms with Crippen LogP contribution >= 0.6 is 0 Å². The van der Waals surface area contributed by atoms with E-state index >= 15 is 0 Å². The summed E-state index contributed by atoms with van der Waals surface area (Å²) in [6.07, 6.45) is 8.36. The van der Waals surface area contributed by atoms with Gasteiger partial charge in [-0.2, -0.15) is 0 Å². The third-order valence-electron chi connectivity index (χ3n) is 5.72. The lowest BCUT2D eigenvalue weighted by molar-refractivity contribution is 0.202. The SMILES string of the molecule is Cc1cc(NC(O)c2cnc(N3CC(CNC4CC4)C3)cn2)cn2cc(CF)nc12. The Hall–Kier alpha value is -2.78. The smallest absolute Gasteiger partial charge is 0.169 e. The monoisotopic (exact) mass is 411 g/mol. The van der Waals surface area contributed by atoms with Crippen molar-refractivity contribution in [2.75, 3.05) is 29.9 Å². The second kappa shape index (κ2) is 7.81. The molecule has 1 aliphatic carbocycles. The zero-order chi connectivity index (χ0) is 20.7. The molecule has 0 amide bonds. The van der Waals surface area contributed by atoms with Gasteiger partial charge in [0.15, 0.2) is 6.23 Å². The Morgan fingerprint density at radius 2 is 2.07 bits per heavy atom. The van der Waals surface area contributed by atoms with Crippen molar-refractivity contribution < 1.29 is 9.50 Å². The quantitative estimate of drug-likeness (QED) is 0.490. The van der Waals surface area contributed by atoms with Crippen LogP contribution in [-0.4, -0.2) is 50.1 Å². The summed E-state index contributed by atoms with van der Waals surface area (Å²) in [6, 6.07) is 2.61. The Bertz CT molecular complexity index is 1030. The van der Waals surface area contributed by atoms with E-state index in [2.05, 4.69) is 30.5 Å². The van der Waals surface area contributed by atoms with Crippen LogP contribution < -0.4 is 15.5 Å². The van der Waals surface area contributed by atoms with Crippen LogP contribution in [0.5, 0.6) is 0 Å². The number of pyridine rings is 1. The Morgan fingerprint density at radius 1 is 1.23 bits per heavy atom. The van der Waals surface area contributed by atoms with Crippen LogP contribution in [0.4, 0.5) is 15.9 Å². The van der Waals surface area contributed by atoms with E-state index in [1.807, 2.05) is 13.0 Å². The highest BCUT2D eigenvalue weighted by Crippen LogP contribution is 2.25. The predicted octanol–water partition coefficient (Wildman–Crippen LogP) is 2.19.